The highest BCUT2D eigenvalue weighted by atomic mass is 16.5. The number of methoxy groups -OCH3 is 1. The van der Waals surface area contributed by atoms with Gasteiger partial charge in [-0.2, -0.15) is 0 Å². The zero-order valence-corrected chi connectivity index (χ0v) is 18.8. The first kappa shape index (κ1) is 23.5. The van der Waals surface area contributed by atoms with E-state index in [4.69, 9.17) is 9.47 Å². The van der Waals surface area contributed by atoms with Gasteiger partial charge in [-0.3, -0.25) is 9.59 Å². The van der Waals surface area contributed by atoms with Crippen molar-refractivity contribution in [3.8, 4) is 5.75 Å². The summed E-state index contributed by atoms with van der Waals surface area (Å²) in [6.45, 7) is 3.56. The van der Waals surface area contributed by atoms with Crippen molar-refractivity contribution in [3.05, 3.63) is 71.3 Å². The SMILES string of the molecule is CCCCCOc1cccc(C2C(=C(O)c3ccccc3)C(=O)C(=O)N2CCCOC)c1. The largest absolute Gasteiger partial charge is 0.507 e. The van der Waals surface area contributed by atoms with Gasteiger partial charge < -0.3 is 19.5 Å². The molecule has 0 aliphatic carbocycles. The Morgan fingerprint density at radius 2 is 1.78 bits per heavy atom. The van der Waals surface area contributed by atoms with Crippen LogP contribution in [0.2, 0.25) is 0 Å². The third-order valence-electron chi connectivity index (χ3n) is 5.53. The van der Waals surface area contributed by atoms with Gasteiger partial charge in [0.05, 0.1) is 18.2 Å². The lowest BCUT2D eigenvalue weighted by Gasteiger charge is -2.25. The Balaban J connectivity index is 2.00. The van der Waals surface area contributed by atoms with Crippen molar-refractivity contribution >= 4 is 17.4 Å². The van der Waals surface area contributed by atoms with Gasteiger partial charge in [-0.15, -0.1) is 0 Å². The van der Waals surface area contributed by atoms with Crippen molar-refractivity contribution in [1.29, 1.82) is 0 Å². The molecule has 3 rings (SSSR count). The molecule has 6 nitrogen and oxygen atoms in total. The molecule has 0 saturated carbocycles. The van der Waals surface area contributed by atoms with Gasteiger partial charge in [0.1, 0.15) is 11.5 Å². The Hall–Kier alpha value is -3.12. The van der Waals surface area contributed by atoms with E-state index in [1.54, 1.807) is 31.4 Å². The molecular formula is C26H31NO5. The van der Waals surface area contributed by atoms with Crippen LogP contribution < -0.4 is 4.74 Å². The Labute approximate surface area is 189 Å². The zero-order valence-electron chi connectivity index (χ0n) is 18.8. The summed E-state index contributed by atoms with van der Waals surface area (Å²) in [5.74, 6) is -0.779. The maximum atomic E-state index is 13.0. The van der Waals surface area contributed by atoms with E-state index in [2.05, 4.69) is 6.92 Å². The van der Waals surface area contributed by atoms with E-state index in [-0.39, 0.29) is 11.3 Å². The van der Waals surface area contributed by atoms with Crippen molar-refractivity contribution in [1.82, 2.24) is 4.90 Å². The molecule has 1 N–H and O–H groups in total. The lowest BCUT2D eigenvalue weighted by molar-refractivity contribution is -0.140. The number of unbranched alkanes of at least 4 members (excludes halogenated alkanes) is 2. The predicted molar refractivity (Wildman–Crippen MR) is 123 cm³/mol. The molecule has 2 aromatic carbocycles. The first-order valence-electron chi connectivity index (χ1n) is 11.1. The van der Waals surface area contributed by atoms with Crippen LogP contribution in [-0.2, 0) is 14.3 Å². The van der Waals surface area contributed by atoms with Crippen LogP contribution >= 0.6 is 0 Å². The number of hydrogen-bond acceptors (Lipinski definition) is 5. The number of carbonyl (C=O) groups is 2. The van der Waals surface area contributed by atoms with Crippen LogP contribution in [0.5, 0.6) is 5.75 Å². The molecule has 1 unspecified atom stereocenters. The Morgan fingerprint density at radius 1 is 1.00 bits per heavy atom. The summed E-state index contributed by atoms with van der Waals surface area (Å²) in [4.78, 5) is 27.4. The number of Topliss-reactive ketones (excluding diaryl/α,β-unsaturated/α-hetero) is 1. The predicted octanol–water partition coefficient (Wildman–Crippen LogP) is 4.71. The fourth-order valence-electron chi connectivity index (χ4n) is 3.90. The molecule has 0 radical (unpaired) electrons. The van der Waals surface area contributed by atoms with Crippen molar-refractivity contribution in [2.75, 3.05) is 26.9 Å². The Bertz CT molecular complexity index is 954. The average Bonchev–Trinajstić information content (AvgIpc) is 3.07. The third-order valence-corrected chi connectivity index (χ3v) is 5.53. The molecule has 32 heavy (non-hydrogen) atoms. The second kappa shape index (κ2) is 11.5. The second-order valence-electron chi connectivity index (χ2n) is 7.83. The van der Waals surface area contributed by atoms with E-state index in [0.29, 0.717) is 37.5 Å². The van der Waals surface area contributed by atoms with Gasteiger partial charge in [-0.1, -0.05) is 62.2 Å². The molecule has 1 amide bonds. The van der Waals surface area contributed by atoms with E-state index >= 15 is 0 Å². The molecule has 0 aromatic heterocycles. The van der Waals surface area contributed by atoms with E-state index in [0.717, 1.165) is 24.8 Å². The Kier molecular flexibility index (Phi) is 8.45. The summed E-state index contributed by atoms with van der Waals surface area (Å²) in [5.41, 5.74) is 1.33. The van der Waals surface area contributed by atoms with Gasteiger partial charge in [-0.25, -0.2) is 0 Å². The maximum Gasteiger partial charge on any atom is 0.295 e. The zero-order chi connectivity index (χ0) is 22.9. The summed E-state index contributed by atoms with van der Waals surface area (Å²) in [5, 5.41) is 11.0. The molecule has 1 atom stereocenters. The highest BCUT2D eigenvalue weighted by Gasteiger charge is 2.45. The highest BCUT2D eigenvalue weighted by molar-refractivity contribution is 6.46. The van der Waals surface area contributed by atoms with Gasteiger partial charge >= 0.3 is 0 Å². The smallest absolute Gasteiger partial charge is 0.295 e. The van der Waals surface area contributed by atoms with Gasteiger partial charge in [0.25, 0.3) is 11.7 Å². The number of ether oxygens (including phenoxy) is 2. The summed E-state index contributed by atoms with van der Waals surface area (Å²) < 4.78 is 11.0. The summed E-state index contributed by atoms with van der Waals surface area (Å²) >= 11 is 0. The first-order chi connectivity index (χ1) is 15.6. The molecule has 1 saturated heterocycles. The quantitative estimate of drug-likeness (QED) is 0.238. The monoisotopic (exact) mass is 437 g/mol. The van der Waals surface area contributed by atoms with Crippen LogP contribution in [0.15, 0.2) is 60.2 Å². The topological polar surface area (TPSA) is 76.1 Å². The molecule has 6 heteroatoms. The minimum atomic E-state index is -0.689. The van der Waals surface area contributed by atoms with Gasteiger partial charge in [0.2, 0.25) is 0 Å². The van der Waals surface area contributed by atoms with Gasteiger partial charge in [-0.05, 0) is 30.5 Å². The fraction of sp³-hybridized carbons (Fsp3) is 0.385. The van der Waals surface area contributed by atoms with E-state index in [1.807, 2.05) is 30.3 Å². The van der Waals surface area contributed by atoms with Gasteiger partial charge in [0.15, 0.2) is 0 Å². The lowest BCUT2D eigenvalue weighted by Crippen LogP contribution is -2.31. The summed E-state index contributed by atoms with van der Waals surface area (Å²) in [7, 11) is 1.60. The average molecular weight is 438 g/mol. The number of benzene rings is 2. The van der Waals surface area contributed by atoms with Crippen LogP contribution in [0.1, 0.15) is 49.8 Å². The molecular weight excluding hydrogens is 406 g/mol. The summed E-state index contributed by atoms with van der Waals surface area (Å²) in [6, 6.07) is 15.6. The number of ketones is 1. The van der Waals surface area contributed by atoms with E-state index < -0.39 is 17.7 Å². The number of nitrogens with zero attached hydrogens (tertiary/aromatic N) is 1. The number of rotatable bonds is 11. The standard InChI is InChI=1S/C26H31NO5/c1-3-4-8-17-32-21-14-9-13-20(18-21)23-22(24(28)19-11-6-5-7-12-19)25(29)26(30)27(23)15-10-16-31-2/h5-7,9,11-14,18,23,28H,3-4,8,10,15-17H2,1-2H3. The molecule has 1 heterocycles. The first-order valence-corrected chi connectivity index (χ1v) is 11.1. The van der Waals surface area contributed by atoms with Crippen LogP contribution in [0.4, 0.5) is 0 Å². The molecule has 170 valence electrons. The molecule has 1 aliphatic heterocycles. The van der Waals surface area contributed by atoms with Crippen LogP contribution in [-0.4, -0.2) is 48.6 Å². The van der Waals surface area contributed by atoms with E-state index in [9.17, 15) is 14.7 Å². The minimum absolute atomic E-state index is 0.0988. The minimum Gasteiger partial charge on any atom is -0.507 e. The molecule has 2 aromatic rings. The second-order valence-corrected chi connectivity index (χ2v) is 7.83. The number of aliphatic hydroxyl groups excluding tert-OH is 1. The van der Waals surface area contributed by atoms with Crippen molar-refractivity contribution in [2.45, 2.75) is 38.6 Å². The normalized spacial score (nSPS) is 17.7. The van der Waals surface area contributed by atoms with Crippen LogP contribution in [0, 0.1) is 0 Å². The van der Waals surface area contributed by atoms with Crippen molar-refractivity contribution in [3.63, 3.8) is 0 Å². The molecule has 1 aliphatic rings. The lowest BCUT2D eigenvalue weighted by atomic mass is 9.95. The van der Waals surface area contributed by atoms with Gasteiger partial charge in [0, 0.05) is 25.8 Å². The maximum absolute atomic E-state index is 13.0. The summed E-state index contributed by atoms with van der Waals surface area (Å²) in [6.07, 6.45) is 3.75. The van der Waals surface area contributed by atoms with Crippen molar-refractivity contribution < 1.29 is 24.2 Å². The number of aliphatic hydroxyl groups is 1. The number of likely N-dealkylation sites (tertiary alicyclic amines) is 1. The van der Waals surface area contributed by atoms with E-state index in [1.165, 1.54) is 4.90 Å². The molecule has 0 spiro atoms. The Morgan fingerprint density at radius 3 is 2.50 bits per heavy atom. The third kappa shape index (κ3) is 5.37. The van der Waals surface area contributed by atoms with Crippen LogP contribution in [0.25, 0.3) is 5.76 Å². The molecule has 0 bridgehead atoms. The number of amides is 1. The van der Waals surface area contributed by atoms with Crippen LogP contribution in [0.3, 0.4) is 0 Å². The highest BCUT2D eigenvalue weighted by Crippen LogP contribution is 2.40. The fourth-order valence-corrected chi connectivity index (χ4v) is 3.90. The molecule has 1 fully saturated rings. The van der Waals surface area contributed by atoms with Crippen molar-refractivity contribution in [2.24, 2.45) is 0 Å². The number of hydrogen-bond donors (Lipinski definition) is 1. The number of carbonyl (C=O) groups excluding carboxylic acids is 2.